The Hall–Kier alpha value is -2.04. The second kappa shape index (κ2) is 7.24. The van der Waals surface area contributed by atoms with E-state index in [1.54, 1.807) is 0 Å². The van der Waals surface area contributed by atoms with Gasteiger partial charge in [-0.15, -0.1) is 0 Å². The number of hydrogen-bond acceptors (Lipinski definition) is 3. The third kappa shape index (κ3) is 4.08. The minimum absolute atomic E-state index is 0.00871. The molecule has 24 heavy (non-hydrogen) atoms. The van der Waals surface area contributed by atoms with Crippen molar-refractivity contribution in [1.82, 2.24) is 5.32 Å². The third-order valence-corrected chi connectivity index (χ3v) is 4.75. The minimum atomic E-state index is -0.189. The molecule has 130 valence electrons. The highest BCUT2D eigenvalue weighted by Crippen LogP contribution is 2.39. The van der Waals surface area contributed by atoms with Crippen molar-refractivity contribution < 1.29 is 9.59 Å². The maximum Gasteiger partial charge on any atom is 0.228 e. The van der Waals surface area contributed by atoms with E-state index in [1.807, 2.05) is 26.0 Å². The van der Waals surface area contributed by atoms with Gasteiger partial charge in [0.2, 0.25) is 11.8 Å². The number of nitrogens with one attached hydrogen (secondary N) is 2. The highest BCUT2D eigenvalue weighted by Gasteiger charge is 2.48. The molecule has 0 bridgehead atoms. The van der Waals surface area contributed by atoms with E-state index in [2.05, 4.69) is 27.7 Å². The molecular formula is C19H27N3O2. The largest absolute Gasteiger partial charge is 0.372 e. The van der Waals surface area contributed by atoms with Crippen LogP contribution in [-0.2, 0) is 9.59 Å². The number of rotatable bonds is 5. The Morgan fingerprint density at radius 3 is 2.25 bits per heavy atom. The van der Waals surface area contributed by atoms with E-state index in [4.69, 9.17) is 0 Å². The van der Waals surface area contributed by atoms with Gasteiger partial charge in [0, 0.05) is 30.5 Å². The zero-order valence-corrected chi connectivity index (χ0v) is 14.5. The van der Waals surface area contributed by atoms with Crippen molar-refractivity contribution in [2.24, 2.45) is 11.8 Å². The second-order valence-electron chi connectivity index (χ2n) is 7.20. The van der Waals surface area contributed by atoms with Crippen LogP contribution in [0.5, 0.6) is 0 Å². The highest BCUT2D eigenvalue weighted by atomic mass is 16.2. The van der Waals surface area contributed by atoms with Crippen molar-refractivity contribution in [1.29, 1.82) is 0 Å². The van der Waals surface area contributed by atoms with Crippen LogP contribution in [0.2, 0.25) is 0 Å². The summed E-state index contributed by atoms with van der Waals surface area (Å²) in [6.07, 6.45) is 4.47. The van der Waals surface area contributed by atoms with Gasteiger partial charge in [0.05, 0.1) is 11.8 Å². The van der Waals surface area contributed by atoms with Gasteiger partial charge >= 0.3 is 0 Å². The van der Waals surface area contributed by atoms with Gasteiger partial charge in [0.15, 0.2) is 0 Å². The molecule has 2 unspecified atom stereocenters. The van der Waals surface area contributed by atoms with Gasteiger partial charge in [-0.05, 0) is 63.8 Å². The van der Waals surface area contributed by atoms with Crippen LogP contribution >= 0.6 is 0 Å². The van der Waals surface area contributed by atoms with Gasteiger partial charge in [0.1, 0.15) is 0 Å². The quantitative estimate of drug-likeness (QED) is 0.873. The summed E-state index contributed by atoms with van der Waals surface area (Å²) in [4.78, 5) is 26.6. The van der Waals surface area contributed by atoms with Gasteiger partial charge < -0.3 is 15.5 Å². The number of piperidine rings is 1. The molecule has 0 radical (unpaired) electrons. The van der Waals surface area contributed by atoms with Gasteiger partial charge in [-0.25, -0.2) is 0 Å². The summed E-state index contributed by atoms with van der Waals surface area (Å²) in [6, 6.07) is 8.15. The summed E-state index contributed by atoms with van der Waals surface area (Å²) in [5.41, 5.74) is 2.02. The Balaban J connectivity index is 1.51. The molecule has 1 aliphatic carbocycles. The van der Waals surface area contributed by atoms with Crippen molar-refractivity contribution in [3.05, 3.63) is 24.3 Å². The fourth-order valence-electron chi connectivity index (χ4n) is 3.31. The lowest BCUT2D eigenvalue weighted by molar-refractivity contribution is -0.125. The van der Waals surface area contributed by atoms with E-state index < -0.39 is 0 Å². The van der Waals surface area contributed by atoms with Gasteiger partial charge in [-0.1, -0.05) is 0 Å². The average Bonchev–Trinajstić information content (AvgIpc) is 3.37. The summed E-state index contributed by atoms with van der Waals surface area (Å²) in [6.45, 7) is 6.08. The molecule has 5 heteroatoms. The summed E-state index contributed by atoms with van der Waals surface area (Å²) in [5, 5.41) is 5.81. The van der Waals surface area contributed by atoms with E-state index in [0.29, 0.717) is 6.42 Å². The van der Waals surface area contributed by atoms with E-state index >= 15 is 0 Å². The number of benzene rings is 1. The average molecular weight is 329 g/mol. The van der Waals surface area contributed by atoms with E-state index in [1.165, 1.54) is 24.9 Å². The topological polar surface area (TPSA) is 61.4 Å². The fourth-order valence-corrected chi connectivity index (χ4v) is 3.31. The van der Waals surface area contributed by atoms with E-state index in [9.17, 15) is 9.59 Å². The zero-order chi connectivity index (χ0) is 17.1. The second-order valence-corrected chi connectivity index (χ2v) is 7.20. The maximum atomic E-state index is 12.3. The van der Waals surface area contributed by atoms with Crippen LogP contribution in [0.4, 0.5) is 11.4 Å². The van der Waals surface area contributed by atoms with Crippen LogP contribution in [0.15, 0.2) is 24.3 Å². The molecule has 2 atom stereocenters. The molecule has 1 aromatic carbocycles. The van der Waals surface area contributed by atoms with Crippen LogP contribution in [0.3, 0.4) is 0 Å². The Labute approximate surface area is 143 Å². The van der Waals surface area contributed by atoms with Crippen LogP contribution in [0.25, 0.3) is 0 Å². The first-order valence-electron chi connectivity index (χ1n) is 9.01. The number of amides is 2. The Morgan fingerprint density at radius 2 is 1.62 bits per heavy atom. The first kappa shape index (κ1) is 16.8. The van der Waals surface area contributed by atoms with Crippen molar-refractivity contribution in [3.8, 4) is 0 Å². The number of nitrogens with zero attached hydrogens (tertiary/aromatic N) is 1. The molecular weight excluding hydrogens is 302 g/mol. The van der Waals surface area contributed by atoms with Crippen molar-refractivity contribution in [2.45, 2.75) is 45.6 Å². The molecule has 0 spiro atoms. The minimum Gasteiger partial charge on any atom is -0.372 e. The smallest absolute Gasteiger partial charge is 0.228 e. The monoisotopic (exact) mass is 329 g/mol. The van der Waals surface area contributed by atoms with Gasteiger partial charge in [-0.3, -0.25) is 9.59 Å². The van der Waals surface area contributed by atoms with E-state index in [-0.39, 0.29) is 29.7 Å². The molecule has 2 aliphatic rings. The van der Waals surface area contributed by atoms with Gasteiger partial charge in [-0.2, -0.15) is 0 Å². The molecule has 1 saturated heterocycles. The zero-order valence-electron chi connectivity index (χ0n) is 14.5. The lowest BCUT2D eigenvalue weighted by atomic mass is 10.1. The molecule has 2 amide bonds. The first-order valence-corrected chi connectivity index (χ1v) is 9.01. The summed E-state index contributed by atoms with van der Waals surface area (Å²) >= 11 is 0. The molecule has 1 aliphatic heterocycles. The maximum absolute atomic E-state index is 12.3. The Bertz CT molecular complexity index is 591. The summed E-state index contributed by atoms with van der Waals surface area (Å²) < 4.78 is 0. The standard InChI is InChI=1S/C19H27N3O2/c1-13(2)20-18(23)16-12-17(16)19(24)21-14-6-8-15(9-7-14)22-10-4-3-5-11-22/h6-9,13,16-17H,3-5,10-12H2,1-2H3,(H,20,23)(H,21,24). The van der Waals surface area contributed by atoms with Crippen molar-refractivity contribution >= 4 is 23.2 Å². The normalized spacial score (nSPS) is 23.0. The lowest BCUT2D eigenvalue weighted by Gasteiger charge is -2.28. The Morgan fingerprint density at radius 1 is 1.00 bits per heavy atom. The van der Waals surface area contributed by atoms with Crippen LogP contribution in [0, 0.1) is 11.8 Å². The molecule has 3 rings (SSSR count). The molecule has 1 saturated carbocycles. The number of carbonyl (C=O) groups excluding carboxylic acids is 2. The molecule has 5 nitrogen and oxygen atoms in total. The SMILES string of the molecule is CC(C)NC(=O)C1CC1C(=O)Nc1ccc(N2CCCCC2)cc1. The van der Waals surface area contributed by atoms with Crippen LogP contribution in [-0.4, -0.2) is 30.9 Å². The predicted octanol–water partition coefficient (Wildman–Crippen LogP) is 2.78. The summed E-state index contributed by atoms with van der Waals surface area (Å²) in [7, 11) is 0. The number of carbonyl (C=O) groups is 2. The number of hydrogen-bond donors (Lipinski definition) is 2. The summed E-state index contributed by atoms with van der Waals surface area (Å²) in [5.74, 6) is -0.416. The molecule has 1 heterocycles. The Kier molecular flexibility index (Phi) is 5.07. The highest BCUT2D eigenvalue weighted by molar-refractivity contribution is 5.99. The first-order chi connectivity index (χ1) is 11.5. The van der Waals surface area contributed by atoms with E-state index in [0.717, 1.165) is 18.8 Å². The predicted molar refractivity (Wildman–Crippen MR) is 96.0 cm³/mol. The van der Waals surface area contributed by atoms with Gasteiger partial charge in [0.25, 0.3) is 0 Å². The van der Waals surface area contributed by atoms with Crippen LogP contribution in [0.1, 0.15) is 39.5 Å². The third-order valence-electron chi connectivity index (χ3n) is 4.75. The fraction of sp³-hybridized carbons (Fsp3) is 0.579. The molecule has 0 aromatic heterocycles. The molecule has 1 aromatic rings. The van der Waals surface area contributed by atoms with Crippen molar-refractivity contribution in [2.75, 3.05) is 23.3 Å². The molecule has 2 N–H and O–H groups in total. The molecule has 2 fully saturated rings. The van der Waals surface area contributed by atoms with Crippen LogP contribution < -0.4 is 15.5 Å². The lowest BCUT2D eigenvalue weighted by Crippen LogP contribution is -2.32. The van der Waals surface area contributed by atoms with Crippen molar-refractivity contribution in [3.63, 3.8) is 0 Å². The number of anilines is 2.